The number of nitrogens with zero attached hydrogens (tertiary/aromatic N) is 1. The number of aromatic nitrogens is 2. The Labute approximate surface area is 121 Å². The molecule has 0 spiro atoms. The Bertz CT molecular complexity index is 714. The molecule has 0 aliphatic heterocycles. The zero-order valence-corrected chi connectivity index (χ0v) is 11.8. The number of carbonyl (C=O) groups is 2. The molecular weight excluding hydrogens is 270 g/mol. The topological polar surface area (TPSA) is 95.1 Å². The lowest BCUT2D eigenvalue weighted by atomic mass is 9.96. The molecule has 6 heteroatoms. The van der Waals surface area contributed by atoms with Crippen molar-refractivity contribution in [2.75, 3.05) is 0 Å². The van der Waals surface area contributed by atoms with Crippen LogP contribution < -0.4 is 5.32 Å². The third-order valence-electron chi connectivity index (χ3n) is 4.05. The second kappa shape index (κ2) is 4.87. The largest absolute Gasteiger partial charge is 0.478 e. The van der Waals surface area contributed by atoms with E-state index in [2.05, 4.69) is 15.3 Å². The summed E-state index contributed by atoms with van der Waals surface area (Å²) in [4.78, 5) is 30.3. The van der Waals surface area contributed by atoms with Gasteiger partial charge in [-0.15, -0.1) is 0 Å². The molecule has 1 fully saturated rings. The van der Waals surface area contributed by atoms with E-state index in [1.807, 2.05) is 0 Å². The van der Waals surface area contributed by atoms with Crippen LogP contribution in [0, 0.1) is 0 Å². The molecule has 1 amide bonds. The molecular formula is C15H17N3O3. The van der Waals surface area contributed by atoms with Gasteiger partial charge >= 0.3 is 5.97 Å². The standard InChI is InChI=1S/C15H17N3O3/c1-9(19)18-15(6-2-3-7-15)14-16-11-5-4-10(13(20)21)8-12(11)17-14/h4-5,8H,2-3,6-7H2,1H3,(H,16,17)(H,18,19)(H,20,21). The molecule has 0 bridgehead atoms. The summed E-state index contributed by atoms with van der Waals surface area (Å²) < 4.78 is 0. The van der Waals surface area contributed by atoms with Gasteiger partial charge in [-0.1, -0.05) is 12.8 Å². The number of aromatic amines is 1. The predicted molar refractivity (Wildman–Crippen MR) is 77.0 cm³/mol. The number of hydrogen-bond donors (Lipinski definition) is 3. The highest BCUT2D eigenvalue weighted by Gasteiger charge is 2.39. The predicted octanol–water partition coefficient (Wildman–Crippen LogP) is 2.17. The average Bonchev–Trinajstić information content (AvgIpc) is 3.03. The van der Waals surface area contributed by atoms with Crippen LogP contribution in [0.5, 0.6) is 0 Å². The van der Waals surface area contributed by atoms with Crippen LogP contribution in [0.4, 0.5) is 0 Å². The van der Waals surface area contributed by atoms with Gasteiger partial charge in [0.25, 0.3) is 0 Å². The molecule has 0 atom stereocenters. The van der Waals surface area contributed by atoms with Crippen molar-refractivity contribution >= 4 is 22.9 Å². The molecule has 0 saturated heterocycles. The molecule has 1 saturated carbocycles. The minimum Gasteiger partial charge on any atom is -0.478 e. The number of amides is 1. The van der Waals surface area contributed by atoms with Crippen LogP contribution in [-0.2, 0) is 10.3 Å². The van der Waals surface area contributed by atoms with Crippen LogP contribution in [0.2, 0.25) is 0 Å². The Morgan fingerprint density at radius 1 is 1.33 bits per heavy atom. The maximum Gasteiger partial charge on any atom is 0.335 e. The van der Waals surface area contributed by atoms with Crippen molar-refractivity contribution in [3.8, 4) is 0 Å². The molecule has 1 aliphatic carbocycles. The summed E-state index contributed by atoms with van der Waals surface area (Å²) in [6.45, 7) is 1.51. The Balaban J connectivity index is 2.06. The maximum atomic E-state index is 11.5. The van der Waals surface area contributed by atoms with Crippen molar-refractivity contribution in [3.63, 3.8) is 0 Å². The second-order valence-corrected chi connectivity index (χ2v) is 5.59. The first-order valence-corrected chi connectivity index (χ1v) is 7.02. The fourth-order valence-electron chi connectivity index (χ4n) is 3.11. The fraction of sp³-hybridized carbons (Fsp3) is 0.400. The molecule has 3 rings (SSSR count). The van der Waals surface area contributed by atoms with E-state index in [4.69, 9.17) is 5.11 Å². The van der Waals surface area contributed by atoms with Crippen LogP contribution in [0.15, 0.2) is 18.2 Å². The van der Waals surface area contributed by atoms with Crippen LogP contribution >= 0.6 is 0 Å². The number of carbonyl (C=O) groups excluding carboxylic acids is 1. The Hall–Kier alpha value is -2.37. The molecule has 1 aliphatic rings. The summed E-state index contributed by atoms with van der Waals surface area (Å²) in [7, 11) is 0. The maximum absolute atomic E-state index is 11.5. The number of rotatable bonds is 3. The van der Waals surface area contributed by atoms with Gasteiger partial charge in [0.2, 0.25) is 5.91 Å². The van der Waals surface area contributed by atoms with Crippen molar-refractivity contribution in [2.45, 2.75) is 38.1 Å². The van der Waals surface area contributed by atoms with Crippen molar-refractivity contribution in [3.05, 3.63) is 29.6 Å². The van der Waals surface area contributed by atoms with Crippen LogP contribution in [-0.4, -0.2) is 27.0 Å². The highest BCUT2D eigenvalue weighted by atomic mass is 16.4. The van der Waals surface area contributed by atoms with E-state index < -0.39 is 11.5 Å². The van der Waals surface area contributed by atoms with Crippen molar-refractivity contribution in [1.82, 2.24) is 15.3 Å². The van der Waals surface area contributed by atoms with Gasteiger partial charge in [-0.2, -0.15) is 0 Å². The quantitative estimate of drug-likeness (QED) is 0.806. The Kier molecular flexibility index (Phi) is 3.16. The molecule has 110 valence electrons. The highest BCUT2D eigenvalue weighted by molar-refractivity contribution is 5.92. The van der Waals surface area contributed by atoms with E-state index in [-0.39, 0.29) is 11.5 Å². The number of nitrogens with one attached hydrogen (secondary N) is 2. The van der Waals surface area contributed by atoms with E-state index in [9.17, 15) is 9.59 Å². The summed E-state index contributed by atoms with van der Waals surface area (Å²) in [6, 6.07) is 4.80. The third-order valence-corrected chi connectivity index (χ3v) is 4.05. The van der Waals surface area contributed by atoms with Crippen molar-refractivity contribution < 1.29 is 14.7 Å². The van der Waals surface area contributed by atoms with Crippen LogP contribution in [0.25, 0.3) is 11.0 Å². The monoisotopic (exact) mass is 287 g/mol. The zero-order valence-electron chi connectivity index (χ0n) is 11.8. The second-order valence-electron chi connectivity index (χ2n) is 5.59. The lowest BCUT2D eigenvalue weighted by molar-refractivity contribution is -0.121. The van der Waals surface area contributed by atoms with E-state index in [0.29, 0.717) is 16.9 Å². The first-order chi connectivity index (χ1) is 10.00. The van der Waals surface area contributed by atoms with Gasteiger partial charge < -0.3 is 15.4 Å². The summed E-state index contributed by atoms with van der Waals surface area (Å²) in [5.74, 6) is -0.332. The van der Waals surface area contributed by atoms with E-state index in [0.717, 1.165) is 25.7 Å². The van der Waals surface area contributed by atoms with Gasteiger partial charge in [-0.25, -0.2) is 9.78 Å². The first kappa shape index (κ1) is 13.6. The van der Waals surface area contributed by atoms with Gasteiger partial charge in [0.1, 0.15) is 5.82 Å². The van der Waals surface area contributed by atoms with Gasteiger partial charge in [-0.05, 0) is 31.0 Å². The molecule has 1 heterocycles. The Morgan fingerprint density at radius 2 is 2.05 bits per heavy atom. The fourth-order valence-corrected chi connectivity index (χ4v) is 3.11. The number of benzene rings is 1. The van der Waals surface area contributed by atoms with Gasteiger partial charge in [0, 0.05) is 6.92 Å². The summed E-state index contributed by atoms with van der Waals surface area (Å²) in [6.07, 6.45) is 3.77. The van der Waals surface area contributed by atoms with Gasteiger partial charge in [-0.3, -0.25) is 4.79 Å². The normalized spacial score (nSPS) is 17.0. The number of imidazole rings is 1. The van der Waals surface area contributed by atoms with E-state index >= 15 is 0 Å². The van der Waals surface area contributed by atoms with Gasteiger partial charge in [0.05, 0.1) is 22.1 Å². The minimum atomic E-state index is -0.967. The SMILES string of the molecule is CC(=O)NC1(c2nc3ccc(C(=O)O)cc3[nH]2)CCCC1. The Morgan fingerprint density at radius 3 is 2.67 bits per heavy atom. The van der Waals surface area contributed by atoms with Gasteiger partial charge in [0.15, 0.2) is 0 Å². The minimum absolute atomic E-state index is 0.0800. The first-order valence-electron chi connectivity index (χ1n) is 7.02. The summed E-state index contributed by atoms with van der Waals surface area (Å²) in [5, 5.41) is 12.1. The lowest BCUT2D eigenvalue weighted by Gasteiger charge is -2.27. The number of hydrogen-bond acceptors (Lipinski definition) is 3. The average molecular weight is 287 g/mol. The van der Waals surface area contributed by atoms with Crippen molar-refractivity contribution in [1.29, 1.82) is 0 Å². The molecule has 0 radical (unpaired) electrons. The lowest BCUT2D eigenvalue weighted by Crippen LogP contribution is -2.43. The summed E-state index contributed by atoms with van der Waals surface area (Å²) in [5.41, 5.74) is 1.17. The number of carboxylic acids is 1. The van der Waals surface area contributed by atoms with Crippen LogP contribution in [0.1, 0.15) is 48.8 Å². The van der Waals surface area contributed by atoms with E-state index in [1.165, 1.54) is 13.0 Å². The van der Waals surface area contributed by atoms with E-state index in [1.54, 1.807) is 12.1 Å². The smallest absolute Gasteiger partial charge is 0.335 e. The highest BCUT2D eigenvalue weighted by Crippen LogP contribution is 2.38. The molecule has 1 aromatic carbocycles. The summed E-state index contributed by atoms with van der Waals surface area (Å²) >= 11 is 0. The molecule has 2 aromatic rings. The van der Waals surface area contributed by atoms with Crippen LogP contribution in [0.3, 0.4) is 0 Å². The molecule has 21 heavy (non-hydrogen) atoms. The number of aromatic carboxylic acids is 1. The number of fused-ring (bicyclic) bond motifs is 1. The molecule has 1 aromatic heterocycles. The third kappa shape index (κ3) is 2.37. The zero-order chi connectivity index (χ0) is 15.0. The number of carboxylic acid groups (broad SMARTS) is 1. The molecule has 6 nitrogen and oxygen atoms in total. The molecule has 0 unspecified atom stereocenters. The number of H-pyrrole nitrogens is 1. The molecule has 3 N–H and O–H groups in total. The van der Waals surface area contributed by atoms with Crippen molar-refractivity contribution in [2.24, 2.45) is 0 Å².